The number of nitrogens with zero attached hydrogens (tertiary/aromatic N) is 1. The van der Waals surface area contributed by atoms with Gasteiger partial charge in [0, 0.05) is 24.5 Å². The molecule has 0 aliphatic heterocycles. The largest absolute Gasteiger partial charge is 0.469 e. The van der Waals surface area contributed by atoms with E-state index in [-0.39, 0.29) is 11.4 Å². The third-order valence-corrected chi connectivity index (χ3v) is 5.17. The van der Waals surface area contributed by atoms with Crippen molar-refractivity contribution in [3.05, 3.63) is 23.9 Å². The number of pyridine rings is 1. The van der Waals surface area contributed by atoms with Crippen LogP contribution in [-0.2, 0) is 16.1 Å². The van der Waals surface area contributed by atoms with E-state index < -0.39 is 0 Å². The molecule has 1 N–H and O–H groups in total. The quantitative estimate of drug-likeness (QED) is 0.591. The Hall–Kier alpha value is -1.07. The van der Waals surface area contributed by atoms with Crippen molar-refractivity contribution in [2.75, 3.05) is 12.9 Å². The lowest BCUT2D eigenvalue weighted by molar-refractivity contribution is -0.141. The van der Waals surface area contributed by atoms with E-state index in [0.717, 1.165) is 30.2 Å². The molecule has 21 heavy (non-hydrogen) atoms. The fourth-order valence-electron chi connectivity index (χ4n) is 2.15. The summed E-state index contributed by atoms with van der Waals surface area (Å²) in [5, 5.41) is 4.50. The molecule has 5 heteroatoms. The average molecular weight is 308 g/mol. The Morgan fingerprint density at radius 1 is 1.52 bits per heavy atom. The topological polar surface area (TPSA) is 51.2 Å². The highest BCUT2D eigenvalue weighted by molar-refractivity contribution is 7.99. The minimum Gasteiger partial charge on any atom is -0.469 e. The minimum absolute atomic E-state index is 0.101. The molecule has 1 aromatic heterocycles. The van der Waals surface area contributed by atoms with E-state index in [4.69, 9.17) is 4.74 Å². The Kier molecular flexibility index (Phi) is 5.65. The van der Waals surface area contributed by atoms with Gasteiger partial charge in [-0.05, 0) is 29.9 Å². The summed E-state index contributed by atoms with van der Waals surface area (Å²) in [5.41, 5.74) is 1.36. The van der Waals surface area contributed by atoms with Gasteiger partial charge in [0.2, 0.25) is 0 Å². The van der Waals surface area contributed by atoms with Crippen LogP contribution in [-0.4, -0.2) is 29.9 Å². The van der Waals surface area contributed by atoms with Crippen LogP contribution in [0.25, 0.3) is 0 Å². The molecule has 0 aromatic carbocycles. The standard InChI is InChI=1S/C16H24N2O2S/c1-12(2)18-10-13-5-4-8-17-15(13)21-11-16(6-7-16)9-14(19)20-3/h4-5,8,12,18H,6-7,9-11H2,1-3H3. The molecule has 116 valence electrons. The zero-order valence-corrected chi connectivity index (χ0v) is 13.8. The zero-order valence-electron chi connectivity index (χ0n) is 13.0. The Labute approximate surface area is 131 Å². The summed E-state index contributed by atoms with van der Waals surface area (Å²) in [5.74, 6) is 0.837. The number of thioether (sulfide) groups is 1. The van der Waals surface area contributed by atoms with Crippen LogP contribution in [0, 0.1) is 5.41 Å². The first-order valence-corrected chi connectivity index (χ1v) is 8.40. The maximum atomic E-state index is 11.5. The van der Waals surface area contributed by atoms with Crippen LogP contribution in [0.3, 0.4) is 0 Å². The van der Waals surface area contributed by atoms with E-state index in [0.29, 0.717) is 12.5 Å². The van der Waals surface area contributed by atoms with Crippen LogP contribution in [0.5, 0.6) is 0 Å². The second-order valence-electron chi connectivity index (χ2n) is 6.04. The summed E-state index contributed by atoms with van der Waals surface area (Å²) in [6, 6.07) is 4.55. The van der Waals surface area contributed by atoms with Gasteiger partial charge in [0.05, 0.1) is 13.5 Å². The normalized spacial score (nSPS) is 16.0. The molecule has 0 bridgehead atoms. The molecule has 0 unspecified atom stereocenters. The number of hydrogen-bond donors (Lipinski definition) is 1. The molecule has 1 heterocycles. The number of hydrogen-bond acceptors (Lipinski definition) is 5. The minimum atomic E-state index is -0.101. The summed E-state index contributed by atoms with van der Waals surface area (Å²) >= 11 is 1.76. The molecular weight excluding hydrogens is 284 g/mol. The number of carbonyl (C=O) groups is 1. The highest BCUT2D eigenvalue weighted by Gasteiger charge is 2.44. The number of esters is 1. The van der Waals surface area contributed by atoms with Crippen LogP contribution < -0.4 is 5.32 Å². The summed E-state index contributed by atoms with van der Waals surface area (Å²) in [6.45, 7) is 5.11. The maximum Gasteiger partial charge on any atom is 0.306 e. The van der Waals surface area contributed by atoms with Gasteiger partial charge in [0.15, 0.2) is 0 Å². The third kappa shape index (κ3) is 5.00. The molecular formula is C16H24N2O2S. The van der Waals surface area contributed by atoms with Crippen LogP contribution in [0.15, 0.2) is 23.4 Å². The number of carbonyl (C=O) groups excluding carboxylic acids is 1. The molecule has 1 saturated carbocycles. The molecule has 0 amide bonds. The number of ether oxygens (including phenoxy) is 1. The van der Waals surface area contributed by atoms with E-state index in [1.807, 2.05) is 12.3 Å². The third-order valence-electron chi connectivity index (χ3n) is 3.77. The molecule has 0 spiro atoms. The van der Waals surface area contributed by atoms with E-state index in [9.17, 15) is 4.79 Å². The number of rotatable bonds is 8. The van der Waals surface area contributed by atoms with Gasteiger partial charge < -0.3 is 10.1 Å². The molecule has 0 radical (unpaired) electrons. The predicted molar refractivity (Wildman–Crippen MR) is 85.2 cm³/mol. The second kappa shape index (κ2) is 7.27. The average Bonchev–Trinajstić information content (AvgIpc) is 3.23. The van der Waals surface area contributed by atoms with Crippen molar-refractivity contribution in [1.82, 2.24) is 10.3 Å². The van der Waals surface area contributed by atoms with Gasteiger partial charge in [-0.1, -0.05) is 19.9 Å². The van der Waals surface area contributed by atoms with Gasteiger partial charge in [-0.15, -0.1) is 11.8 Å². The number of nitrogens with one attached hydrogen (secondary N) is 1. The predicted octanol–water partition coefficient (Wildman–Crippen LogP) is 3.02. The fraction of sp³-hybridized carbons (Fsp3) is 0.625. The van der Waals surface area contributed by atoms with Gasteiger partial charge in [0.25, 0.3) is 0 Å². The van der Waals surface area contributed by atoms with Gasteiger partial charge in [0.1, 0.15) is 5.03 Å². The SMILES string of the molecule is COC(=O)CC1(CSc2ncccc2CNC(C)C)CC1. The van der Waals surface area contributed by atoms with Crippen molar-refractivity contribution in [2.45, 2.75) is 50.7 Å². The highest BCUT2D eigenvalue weighted by atomic mass is 32.2. The fourth-order valence-corrected chi connectivity index (χ4v) is 3.45. The van der Waals surface area contributed by atoms with Crippen LogP contribution in [0.1, 0.15) is 38.7 Å². The Morgan fingerprint density at radius 2 is 2.29 bits per heavy atom. The Bertz CT molecular complexity index is 487. The smallest absolute Gasteiger partial charge is 0.306 e. The van der Waals surface area contributed by atoms with Gasteiger partial charge in [-0.25, -0.2) is 4.98 Å². The maximum absolute atomic E-state index is 11.5. The molecule has 4 nitrogen and oxygen atoms in total. The van der Waals surface area contributed by atoms with E-state index >= 15 is 0 Å². The van der Waals surface area contributed by atoms with Crippen molar-refractivity contribution in [3.63, 3.8) is 0 Å². The van der Waals surface area contributed by atoms with Crippen molar-refractivity contribution >= 4 is 17.7 Å². The first-order valence-electron chi connectivity index (χ1n) is 7.41. The number of aromatic nitrogens is 1. The molecule has 0 atom stereocenters. The van der Waals surface area contributed by atoms with Crippen molar-refractivity contribution in [2.24, 2.45) is 5.41 Å². The van der Waals surface area contributed by atoms with E-state index in [1.165, 1.54) is 12.7 Å². The van der Waals surface area contributed by atoms with Gasteiger partial charge >= 0.3 is 5.97 Å². The van der Waals surface area contributed by atoms with E-state index in [1.54, 1.807) is 11.8 Å². The van der Waals surface area contributed by atoms with Crippen molar-refractivity contribution in [3.8, 4) is 0 Å². The summed E-state index contributed by atoms with van der Waals surface area (Å²) in [7, 11) is 1.46. The monoisotopic (exact) mass is 308 g/mol. The zero-order chi connectivity index (χ0) is 15.3. The first kappa shape index (κ1) is 16.3. The Balaban J connectivity index is 1.92. The lowest BCUT2D eigenvalue weighted by Gasteiger charge is -2.15. The number of methoxy groups -OCH3 is 1. The first-order chi connectivity index (χ1) is 10.0. The lowest BCUT2D eigenvalue weighted by atomic mass is 10.1. The van der Waals surface area contributed by atoms with Crippen LogP contribution in [0.2, 0.25) is 0 Å². The molecule has 1 aliphatic rings. The summed E-state index contributed by atoms with van der Waals surface area (Å²) < 4.78 is 4.79. The summed E-state index contributed by atoms with van der Waals surface area (Å²) in [4.78, 5) is 16.0. The lowest BCUT2D eigenvalue weighted by Crippen LogP contribution is -2.22. The highest BCUT2D eigenvalue weighted by Crippen LogP contribution is 2.52. The van der Waals surface area contributed by atoms with Crippen molar-refractivity contribution in [1.29, 1.82) is 0 Å². The second-order valence-corrected chi connectivity index (χ2v) is 7.01. The molecule has 1 aliphatic carbocycles. The van der Waals surface area contributed by atoms with E-state index in [2.05, 4.69) is 30.2 Å². The molecule has 1 aromatic rings. The van der Waals surface area contributed by atoms with Gasteiger partial charge in [-0.3, -0.25) is 4.79 Å². The molecule has 0 saturated heterocycles. The molecule has 2 rings (SSSR count). The van der Waals surface area contributed by atoms with Crippen molar-refractivity contribution < 1.29 is 9.53 Å². The molecule has 1 fully saturated rings. The van der Waals surface area contributed by atoms with Gasteiger partial charge in [-0.2, -0.15) is 0 Å². The Morgan fingerprint density at radius 3 is 2.90 bits per heavy atom. The van der Waals surface area contributed by atoms with Crippen LogP contribution in [0.4, 0.5) is 0 Å². The van der Waals surface area contributed by atoms with Crippen LogP contribution >= 0.6 is 11.8 Å². The summed E-state index contributed by atoms with van der Waals surface area (Å²) in [6.07, 6.45) is 4.59.